The first-order valence-corrected chi connectivity index (χ1v) is 7.13. The van der Waals surface area contributed by atoms with Gasteiger partial charge in [0.15, 0.2) is 0 Å². The van der Waals surface area contributed by atoms with Gasteiger partial charge in [-0.15, -0.1) is 5.10 Å². The van der Waals surface area contributed by atoms with Crippen molar-refractivity contribution in [2.45, 2.75) is 19.4 Å². The van der Waals surface area contributed by atoms with Gasteiger partial charge in [0.1, 0.15) is 11.8 Å². The summed E-state index contributed by atoms with van der Waals surface area (Å²) in [6.07, 6.45) is 4.51. The summed E-state index contributed by atoms with van der Waals surface area (Å²) in [4.78, 5) is 0. The van der Waals surface area contributed by atoms with Crippen LogP contribution in [-0.4, -0.2) is 21.5 Å². The van der Waals surface area contributed by atoms with Crippen LogP contribution in [0, 0.1) is 0 Å². The van der Waals surface area contributed by atoms with Crippen molar-refractivity contribution in [3.8, 4) is 5.69 Å². The van der Waals surface area contributed by atoms with Gasteiger partial charge in [0.25, 0.3) is 0 Å². The van der Waals surface area contributed by atoms with Gasteiger partial charge in [0.2, 0.25) is 0 Å². The Morgan fingerprint density at radius 3 is 2.76 bits per heavy atom. The molecule has 0 bridgehead atoms. The van der Waals surface area contributed by atoms with Crippen LogP contribution in [0.5, 0.6) is 0 Å². The summed E-state index contributed by atoms with van der Waals surface area (Å²) < 4.78 is 7.42. The fourth-order valence-electron chi connectivity index (χ4n) is 2.30. The lowest BCUT2D eigenvalue weighted by Gasteiger charge is -2.17. The van der Waals surface area contributed by atoms with Crippen molar-refractivity contribution in [1.29, 1.82) is 0 Å². The third-order valence-corrected chi connectivity index (χ3v) is 3.30. The zero-order valence-corrected chi connectivity index (χ0v) is 11.9. The van der Waals surface area contributed by atoms with Gasteiger partial charge in [0.05, 0.1) is 23.8 Å². The standard InChI is InChI=1S/C16H18N4O/c1-2-10-17-16(15-9-6-11-21-15)14-12-18-19-20(14)13-7-4-3-5-8-13/h3-9,11-12,16-17H,2,10H2,1H3. The maximum absolute atomic E-state index is 5.58. The highest BCUT2D eigenvalue weighted by Gasteiger charge is 2.21. The van der Waals surface area contributed by atoms with Crippen LogP contribution >= 0.6 is 0 Å². The van der Waals surface area contributed by atoms with E-state index in [0.717, 1.165) is 30.1 Å². The third-order valence-electron chi connectivity index (χ3n) is 3.30. The molecule has 0 amide bonds. The Kier molecular flexibility index (Phi) is 4.12. The van der Waals surface area contributed by atoms with Gasteiger partial charge in [-0.3, -0.25) is 0 Å². The number of para-hydroxylation sites is 1. The number of hydrogen-bond acceptors (Lipinski definition) is 4. The normalized spacial score (nSPS) is 12.4. The molecule has 0 spiro atoms. The molecule has 21 heavy (non-hydrogen) atoms. The molecule has 0 radical (unpaired) electrons. The highest BCUT2D eigenvalue weighted by Crippen LogP contribution is 2.23. The highest BCUT2D eigenvalue weighted by atomic mass is 16.3. The number of hydrogen-bond donors (Lipinski definition) is 1. The number of nitrogens with one attached hydrogen (secondary N) is 1. The van der Waals surface area contributed by atoms with Crippen molar-refractivity contribution >= 4 is 0 Å². The molecule has 2 aromatic heterocycles. The van der Waals surface area contributed by atoms with Crippen LogP contribution in [0.2, 0.25) is 0 Å². The summed E-state index contributed by atoms with van der Waals surface area (Å²) in [5.41, 5.74) is 1.95. The van der Waals surface area contributed by atoms with Crippen LogP contribution in [0.4, 0.5) is 0 Å². The Balaban J connectivity index is 1.99. The maximum Gasteiger partial charge on any atom is 0.126 e. The molecule has 0 fully saturated rings. The van der Waals surface area contributed by atoms with Crippen molar-refractivity contribution in [1.82, 2.24) is 20.3 Å². The van der Waals surface area contributed by atoms with E-state index in [1.54, 1.807) is 12.5 Å². The van der Waals surface area contributed by atoms with E-state index in [2.05, 4.69) is 22.6 Å². The predicted octanol–water partition coefficient (Wildman–Crippen LogP) is 2.95. The number of rotatable bonds is 6. The average Bonchev–Trinajstić information content (AvgIpc) is 3.20. The maximum atomic E-state index is 5.58. The van der Waals surface area contributed by atoms with E-state index in [4.69, 9.17) is 4.42 Å². The Bertz CT molecular complexity index is 661. The lowest BCUT2D eigenvalue weighted by atomic mass is 10.1. The summed E-state index contributed by atoms with van der Waals surface area (Å²) >= 11 is 0. The molecular weight excluding hydrogens is 264 g/mol. The Morgan fingerprint density at radius 2 is 2.05 bits per heavy atom. The van der Waals surface area contributed by atoms with Gasteiger partial charge < -0.3 is 9.73 Å². The molecular formula is C16H18N4O. The van der Waals surface area contributed by atoms with Crippen LogP contribution < -0.4 is 5.32 Å². The molecule has 1 aromatic carbocycles. The Labute approximate surface area is 123 Å². The van der Waals surface area contributed by atoms with Crippen LogP contribution in [-0.2, 0) is 0 Å². The summed E-state index contributed by atoms with van der Waals surface area (Å²) in [6.45, 7) is 3.03. The highest BCUT2D eigenvalue weighted by molar-refractivity contribution is 5.33. The lowest BCUT2D eigenvalue weighted by molar-refractivity contribution is 0.436. The molecule has 0 aliphatic rings. The van der Waals surface area contributed by atoms with E-state index in [1.165, 1.54) is 0 Å². The molecule has 1 N–H and O–H groups in total. The van der Waals surface area contributed by atoms with Crippen LogP contribution in [0.15, 0.2) is 59.3 Å². The molecule has 0 aliphatic heterocycles. The minimum Gasteiger partial charge on any atom is -0.467 e. The molecule has 1 atom stereocenters. The van der Waals surface area contributed by atoms with Gasteiger partial charge in [-0.25, -0.2) is 4.68 Å². The molecule has 1 unspecified atom stereocenters. The van der Waals surface area contributed by atoms with E-state index < -0.39 is 0 Å². The zero-order chi connectivity index (χ0) is 14.5. The second kappa shape index (κ2) is 6.37. The van der Waals surface area contributed by atoms with E-state index in [9.17, 15) is 0 Å². The first-order chi connectivity index (χ1) is 10.4. The Hall–Kier alpha value is -2.40. The number of furan rings is 1. The average molecular weight is 282 g/mol. The molecule has 2 heterocycles. The molecule has 0 saturated carbocycles. The second-order valence-corrected chi connectivity index (χ2v) is 4.81. The van der Waals surface area contributed by atoms with E-state index in [-0.39, 0.29) is 6.04 Å². The van der Waals surface area contributed by atoms with Crippen molar-refractivity contribution in [3.63, 3.8) is 0 Å². The lowest BCUT2D eigenvalue weighted by Crippen LogP contribution is -2.25. The Morgan fingerprint density at radius 1 is 1.19 bits per heavy atom. The molecule has 3 aromatic rings. The van der Waals surface area contributed by atoms with Crippen LogP contribution in [0.1, 0.15) is 30.8 Å². The second-order valence-electron chi connectivity index (χ2n) is 4.81. The number of nitrogens with zero attached hydrogens (tertiary/aromatic N) is 3. The van der Waals surface area contributed by atoms with Gasteiger partial charge in [-0.05, 0) is 37.2 Å². The third kappa shape index (κ3) is 2.87. The van der Waals surface area contributed by atoms with Crippen LogP contribution in [0.3, 0.4) is 0 Å². The first-order valence-electron chi connectivity index (χ1n) is 7.13. The van der Waals surface area contributed by atoms with Crippen LogP contribution in [0.25, 0.3) is 5.69 Å². The minimum absolute atomic E-state index is 0.0600. The van der Waals surface area contributed by atoms with Crippen molar-refractivity contribution in [2.24, 2.45) is 0 Å². The minimum atomic E-state index is -0.0600. The van der Waals surface area contributed by atoms with E-state index >= 15 is 0 Å². The van der Waals surface area contributed by atoms with Crippen molar-refractivity contribution < 1.29 is 4.42 Å². The van der Waals surface area contributed by atoms with Gasteiger partial charge in [-0.1, -0.05) is 30.3 Å². The zero-order valence-electron chi connectivity index (χ0n) is 11.9. The largest absolute Gasteiger partial charge is 0.467 e. The summed E-state index contributed by atoms with van der Waals surface area (Å²) in [5.74, 6) is 0.864. The van der Waals surface area contributed by atoms with Crippen molar-refractivity contribution in [3.05, 3.63) is 66.4 Å². The fourth-order valence-corrected chi connectivity index (χ4v) is 2.30. The SMILES string of the molecule is CCCNC(c1ccco1)c1cnnn1-c1ccccc1. The molecule has 0 aliphatic carbocycles. The fraction of sp³-hybridized carbons (Fsp3) is 0.250. The molecule has 108 valence electrons. The molecule has 5 nitrogen and oxygen atoms in total. The molecule has 3 rings (SSSR count). The quantitative estimate of drug-likeness (QED) is 0.755. The van der Waals surface area contributed by atoms with Gasteiger partial charge >= 0.3 is 0 Å². The summed E-state index contributed by atoms with van der Waals surface area (Å²) in [7, 11) is 0. The summed E-state index contributed by atoms with van der Waals surface area (Å²) in [6, 6.07) is 13.8. The number of aromatic nitrogens is 3. The van der Waals surface area contributed by atoms with Crippen molar-refractivity contribution in [2.75, 3.05) is 6.54 Å². The van der Waals surface area contributed by atoms with Gasteiger partial charge in [-0.2, -0.15) is 0 Å². The molecule has 0 saturated heterocycles. The molecule has 5 heteroatoms. The van der Waals surface area contributed by atoms with Gasteiger partial charge in [0, 0.05) is 0 Å². The van der Waals surface area contributed by atoms with E-state index in [1.807, 2.05) is 47.1 Å². The topological polar surface area (TPSA) is 55.9 Å². The first kappa shape index (κ1) is 13.6. The number of benzene rings is 1. The van der Waals surface area contributed by atoms with E-state index in [0.29, 0.717) is 0 Å². The monoisotopic (exact) mass is 282 g/mol. The predicted molar refractivity (Wildman–Crippen MR) is 80.2 cm³/mol. The summed E-state index contributed by atoms with van der Waals surface area (Å²) in [5, 5.41) is 11.8. The smallest absolute Gasteiger partial charge is 0.126 e.